The molecule has 1 heterocycles. The summed E-state index contributed by atoms with van der Waals surface area (Å²) in [5.74, 6) is 0.119. The summed E-state index contributed by atoms with van der Waals surface area (Å²) < 4.78 is 5.43. The first-order chi connectivity index (χ1) is 14.5. The average molecular weight is 436 g/mol. The highest BCUT2D eigenvalue weighted by atomic mass is 32.2. The highest BCUT2D eigenvalue weighted by Gasteiger charge is 2.22. The first-order valence-corrected chi connectivity index (χ1v) is 12.0. The molecule has 0 saturated carbocycles. The van der Waals surface area contributed by atoms with Crippen LogP contribution in [0.1, 0.15) is 46.5 Å². The molecule has 1 N–H and O–H groups in total. The van der Waals surface area contributed by atoms with Crippen molar-refractivity contribution in [1.82, 2.24) is 9.80 Å². The van der Waals surface area contributed by atoms with E-state index in [0.717, 1.165) is 62.9 Å². The second kappa shape index (κ2) is 13.7. The Kier molecular flexibility index (Phi) is 11.3. The minimum absolute atomic E-state index is 0.0852. The third kappa shape index (κ3) is 9.06. The van der Waals surface area contributed by atoms with Crippen molar-refractivity contribution in [3.05, 3.63) is 24.3 Å². The molecule has 1 atom stereocenters. The van der Waals surface area contributed by atoms with Crippen molar-refractivity contribution < 1.29 is 14.3 Å². The third-order valence-electron chi connectivity index (χ3n) is 5.22. The second-order valence-corrected chi connectivity index (χ2v) is 9.22. The van der Waals surface area contributed by atoms with Crippen LogP contribution in [0.4, 0.5) is 5.69 Å². The van der Waals surface area contributed by atoms with E-state index in [4.69, 9.17) is 4.74 Å². The van der Waals surface area contributed by atoms with Gasteiger partial charge in [-0.25, -0.2) is 0 Å². The molecule has 1 aliphatic rings. The Hall–Kier alpha value is -1.57. The molecule has 1 unspecified atom stereocenters. The summed E-state index contributed by atoms with van der Waals surface area (Å²) in [5, 5.41) is 2.62. The number of rotatable bonds is 12. The summed E-state index contributed by atoms with van der Waals surface area (Å²) in [4.78, 5) is 29.8. The predicted octanol–water partition coefficient (Wildman–Crippen LogP) is 3.87. The second-order valence-electron chi connectivity index (χ2n) is 7.81. The average Bonchev–Trinajstić information content (AvgIpc) is 2.74. The number of carbonyl (C=O) groups excluding carboxylic acids is 2. The molecule has 0 spiro atoms. The summed E-state index contributed by atoms with van der Waals surface area (Å²) in [7, 11) is 0. The highest BCUT2D eigenvalue weighted by molar-refractivity contribution is 8.00. The molecule has 0 radical (unpaired) electrons. The number of carbonyl (C=O) groups is 2. The summed E-state index contributed by atoms with van der Waals surface area (Å²) in [5.41, 5.74) is 0.772. The molecule has 6 nitrogen and oxygen atoms in total. The third-order valence-corrected chi connectivity index (χ3v) is 6.32. The Labute approximate surface area is 185 Å². The highest BCUT2D eigenvalue weighted by Crippen LogP contribution is 2.26. The van der Waals surface area contributed by atoms with E-state index in [2.05, 4.69) is 22.0 Å². The van der Waals surface area contributed by atoms with E-state index in [1.165, 1.54) is 26.2 Å². The van der Waals surface area contributed by atoms with Crippen LogP contribution in [0.2, 0.25) is 0 Å². The molecule has 1 fully saturated rings. The van der Waals surface area contributed by atoms with Crippen molar-refractivity contribution in [3.63, 3.8) is 0 Å². The Morgan fingerprint density at radius 3 is 2.47 bits per heavy atom. The molecule has 30 heavy (non-hydrogen) atoms. The molecule has 7 heteroatoms. The van der Waals surface area contributed by atoms with Gasteiger partial charge in [0.25, 0.3) is 0 Å². The van der Waals surface area contributed by atoms with Crippen molar-refractivity contribution in [2.75, 3.05) is 51.3 Å². The topological polar surface area (TPSA) is 61.9 Å². The minimum atomic E-state index is -0.146. The Balaban J connectivity index is 1.91. The fourth-order valence-electron chi connectivity index (χ4n) is 3.48. The van der Waals surface area contributed by atoms with Crippen LogP contribution in [0.15, 0.2) is 29.2 Å². The van der Waals surface area contributed by atoms with E-state index in [1.54, 1.807) is 11.8 Å². The molecule has 1 aromatic rings. The molecular formula is C23H37N3O3S. The van der Waals surface area contributed by atoms with Crippen molar-refractivity contribution in [2.45, 2.75) is 56.6 Å². The monoisotopic (exact) mass is 435 g/mol. The number of anilines is 1. The zero-order valence-corrected chi connectivity index (χ0v) is 19.5. The van der Waals surface area contributed by atoms with Crippen molar-refractivity contribution in [1.29, 1.82) is 0 Å². The minimum Gasteiger partial charge on any atom is -0.379 e. The van der Waals surface area contributed by atoms with E-state index in [-0.39, 0.29) is 17.1 Å². The summed E-state index contributed by atoms with van der Waals surface area (Å²) in [6, 6.07) is 7.67. The van der Waals surface area contributed by atoms with Crippen LogP contribution in [0.25, 0.3) is 0 Å². The van der Waals surface area contributed by atoms with Crippen LogP contribution in [0.5, 0.6) is 0 Å². The van der Waals surface area contributed by atoms with Gasteiger partial charge in [-0.1, -0.05) is 26.2 Å². The lowest BCUT2D eigenvalue weighted by Gasteiger charge is -2.31. The van der Waals surface area contributed by atoms with Gasteiger partial charge in [0.05, 0.1) is 18.5 Å². The molecule has 1 aromatic carbocycles. The first-order valence-electron chi connectivity index (χ1n) is 11.1. The lowest BCUT2D eigenvalue weighted by molar-refractivity contribution is -0.130. The SMILES string of the molecule is CCCCCCN(CCN1CCOCC1)C(=O)C(C)Sc1ccc(NC(C)=O)cc1. The van der Waals surface area contributed by atoms with Gasteiger partial charge in [-0.15, -0.1) is 11.8 Å². The van der Waals surface area contributed by atoms with Gasteiger partial charge in [0.1, 0.15) is 0 Å². The molecule has 0 aliphatic carbocycles. The number of benzene rings is 1. The van der Waals surface area contributed by atoms with E-state index < -0.39 is 0 Å². The summed E-state index contributed by atoms with van der Waals surface area (Å²) >= 11 is 1.58. The van der Waals surface area contributed by atoms with Gasteiger partial charge in [-0.3, -0.25) is 14.5 Å². The van der Waals surface area contributed by atoms with E-state index in [1.807, 2.05) is 31.2 Å². The largest absolute Gasteiger partial charge is 0.379 e. The van der Waals surface area contributed by atoms with Gasteiger partial charge in [0.15, 0.2) is 0 Å². The Bertz CT molecular complexity index is 648. The molecular weight excluding hydrogens is 398 g/mol. The van der Waals surface area contributed by atoms with Gasteiger partial charge in [0, 0.05) is 50.2 Å². The number of thioether (sulfide) groups is 1. The van der Waals surface area contributed by atoms with E-state index in [9.17, 15) is 9.59 Å². The van der Waals surface area contributed by atoms with Crippen LogP contribution >= 0.6 is 11.8 Å². The van der Waals surface area contributed by atoms with E-state index >= 15 is 0 Å². The molecule has 0 bridgehead atoms. The lowest BCUT2D eigenvalue weighted by Crippen LogP contribution is -2.45. The van der Waals surface area contributed by atoms with Gasteiger partial charge < -0.3 is 15.0 Å². The molecule has 2 rings (SSSR count). The zero-order chi connectivity index (χ0) is 21.8. The number of amides is 2. The summed E-state index contributed by atoms with van der Waals surface area (Å²) in [6.07, 6.45) is 4.65. The normalized spacial score (nSPS) is 15.6. The fourth-order valence-corrected chi connectivity index (χ4v) is 4.43. The van der Waals surface area contributed by atoms with Crippen LogP contribution < -0.4 is 5.32 Å². The van der Waals surface area contributed by atoms with E-state index in [0.29, 0.717) is 0 Å². The van der Waals surface area contributed by atoms with Crippen molar-refractivity contribution in [2.24, 2.45) is 0 Å². The number of nitrogens with zero attached hydrogens (tertiary/aromatic N) is 2. The van der Waals surface area contributed by atoms with Crippen LogP contribution in [0, 0.1) is 0 Å². The van der Waals surface area contributed by atoms with Gasteiger partial charge in [-0.2, -0.15) is 0 Å². The predicted molar refractivity (Wildman–Crippen MR) is 124 cm³/mol. The summed E-state index contributed by atoms with van der Waals surface area (Å²) in [6.45, 7) is 11.7. The Morgan fingerprint density at radius 2 is 1.83 bits per heavy atom. The maximum absolute atomic E-state index is 13.2. The van der Waals surface area contributed by atoms with Crippen molar-refractivity contribution in [3.8, 4) is 0 Å². The number of unbranched alkanes of at least 4 members (excludes halogenated alkanes) is 3. The van der Waals surface area contributed by atoms with Crippen LogP contribution in [-0.4, -0.2) is 72.8 Å². The van der Waals surface area contributed by atoms with Crippen LogP contribution in [-0.2, 0) is 14.3 Å². The Morgan fingerprint density at radius 1 is 1.13 bits per heavy atom. The quantitative estimate of drug-likeness (QED) is 0.399. The molecule has 168 valence electrons. The molecule has 2 amide bonds. The fraction of sp³-hybridized carbons (Fsp3) is 0.652. The standard InChI is InChI=1S/C23H37N3O3S/c1-4-5-6-7-12-26(14-13-25-15-17-29-18-16-25)23(28)19(2)30-22-10-8-21(9-11-22)24-20(3)27/h8-11,19H,4-7,12-18H2,1-3H3,(H,24,27). The lowest BCUT2D eigenvalue weighted by atomic mass is 10.2. The maximum Gasteiger partial charge on any atom is 0.235 e. The van der Waals surface area contributed by atoms with Gasteiger partial charge in [-0.05, 0) is 37.6 Å². The van der Waals surface area contributed by atoms with Crippen molar-refractivity contribution >= 4 is 29.3 Å². The molecule has 1 saturated heterocycles. The smallest absolute Gasteiger partial charge is 0.235 e. The number of nitrogens with one attached hydrogen (secondary N) is 1. The number of morpholine rings is 1. The number of ether oxygens (including phenoxy) is 1. The number of hydrogen-bond acceptors (Lipinski definition) is 5. The first kappa shape index (κ1) is 24.7. The number of hydrogen-bond donors (Lipinski definition) is 1. The van der Waals surface area contributed by atoms with Gasteiger partial charge in [0.2, 0.25) is 11.8 Å². The molecule has 1 aliphatic heterocycles. The maximum atomic E-state index is 13.2. The molecule has 0 aromatic heterocycles. The van der Waals surface area contributed by atoms with Crippen LogP contribution in [0.3, 0.4) is 0 Å². The zero-order valence-electron chi connectivity index (χ0n) is 18.7. The van der Waals surface area contributed by atoms with Gasteiger partial charge >= 0.3 is 0 Å².